The zero-order valence-corrected chi connectivity index (χ0v) is 11.6. The fourth-order valence-electron chi connectivity index (χ4n) is 2.22. The van der Waals surface area contributed by atoms with Crippen LogP contribution in [-0.4, -0.2) is 30.6 Å². The summed E-state index contributed by atoms with van der Waals surface area (Å²) in [5.41, 5.74) is 0.876. The quantitative estimate of drug-likeness (QED) is 0.919. The highest BCUT2D eigenvalue weighted by Crippen LogP contribution is 2.21. The lowest BCUT2D eigenvalue weighted by Gasteiger charge is -2.32. The van der Waals surface area contributed by atoms with Crippen molar-refractivity contribution in [2.24, 2.45) is 0 Å². The van der Waals surface area contributed by atoms with E-state index < -0.39 is 0 Å². The molecule has 0 atom stereocenters. The molecule has 1 N–H and O–H groups in total. The predicted molar refractivity (Wildman–Crippen MR) is 72.9 cm³/mol. The van der Waals surface area contributed by atoms with E-state index in [9.17, 15) is 4.39 Å². The lowest BCUT2D eigenvalue weighted by molar-refractivity contribution is 0.229. The van der Waals surface area contributed by atoms with Crippen LogP contribution in [0.5, 0.6) is 0 Å². The molecule has 1 aliphatic rings. The molecule has 0 amide bonds. The Morgan fingerprint density at radius 3 is 2.71 bits per heavy atom. The van der Waals surface area contributed by atoms with Gasteiger partial charge in [-0.2, -0.15) is 0 Å². The molecule has 94 valence electrons. The van der Waals surface area contributed by atoms with E-state index in [1.54, 1.807) is 12.1 Å². The average Bonchev–Trinajstić information content (AvgIpc) is 2.35. The maximum atomic E-state index is 13.4. The number of likely N-dealkylation sites (tertiary alicyclic amines) is 1. The van der Waals surface area contributed by atoms with Gasteiger partial charge in [-0.1, -0.05) is 6.92 Å². The molecule has 0 unspecified atom stereocenters. The molecule has 0 bridgehead atoms. The van der Waals surface area contributed by atoms with Gasteiger partial charge in [0.05, 0.1) is 4.47 Å². The van der Waals surface area contributed by atoms with E-state index in [1.807, 2.05) is 6.07 Å². The standard InChI is InChI=1S/C13H18BrFN2/c1-2-17-7-5-10(6-8-17)16-11-3-4-12(14)13(15)9-11/h3-4,9-10,16H,2,5-8H2,1H3. The molecule has 1 fully saturated rings. The number of anilines is 1. The molecular weight excluding hydrogens is 283 g/mol. The van der Waals surface area contributed by atoms with Gasteiger partial charge in [0, 0.05) is 24.8 Å². The predicted octanol–water partition coefficient (Wildman–Crippen LogP) is 3.48. The number of piperidine rings is 1. The SMILES string of the molecule is CCN1CCC(Nc2ccc(Br)c(F)c2)CC1. The van der Waals surface area contributed by atoms with Crippen LogP contribution in [0.3, 0.4) is 0 Å². The van der Waals surface area contributed by atoms with Gasteiger partial charge in [0.1, 0.15) is 5.82 Å². The summed E-state index contributed by atoms with van der Waals surface area (Å²) in [4.78, 5) is 2.44. The second-order valence-electron chi connectivity index (χ2n) is 4.48. The molecule has 0 aromatic heterocycles. The molecule has 1 heterocycles. The second-order valence-corrected chi connectivity index (χ2v) is 5.34. The Morgan fingerprint density at radius 2 is 2.12 bits per heavy atom. The summed E-state index contributed by atoms with van der Waals surface area (Å²) >= 11 is 3.16. The zero-order chi connectivity index (χ0) is 12.3. The highest BCUT2D eigenvalue weighted by molar-refractivity contribution is 9.10. The second kappa shape index (κ2) is 5.83. The molecule has 4 heteroatoms. The summed E-state index contributed by atoms with van der Waals surface area (Å²) < 4.78 is 13.9. The molecule has 0 spiro atoms. The Bertz CT molecular complexity index is 376. The molecule has 0 aliphatic carbocycles. The van der Waals surface area contributed by atoms with E-state index >= 15 is 0 Å². The summed E-state index contributed by atoms with van der Waals surface area (Å²) in [5, 5.41) is 3.41. The maximum Gasteiger partial charge on any atom is 0.139 e. The molecule has 1 aromatic carbocycles. The monoisotopic (exact) mass is 300 g/mol. The Morgan fingerprint density at radius 1 is 1.41 bits per heavy atom. The summed E-state index contributed by atoms with van der Waals surface area (Å²) in [7, 11) is 0. The van der Waals surface area contributed by atoms with Gasteiger partial charge in [-0.15, -0.1) is 0 Å². The van der Waals surface area contributed by atoms with Crippen LogP contribution in [0.15, 0.2) is 22.7 Å². The smallest absolute Gasteiger partial charge is 0.139 e. The van der Waals surface area contributed by atoms with Crippen LogP contribution in [-0.2, 0) is 0 Å². The molecular formula is C13H18BrFN2. The van der Waals surface area contributed by atoms with Crippen molar-refractivity contribution in [1.82, 2.24) is 4.90 Å². The van der Waals surface area contributed by atoms with Gasteiger partial charge in [0.2, 0.25) is 0 Å². The Kier molecular flexibility index (Phi) is 4.40. The van der Waals surface area contributed by atoms with Gasteiger partial charge in [0.15, 0.2) is 0 Å². The van der Waals surface area contributed by atoms with E-state index in [2.05, 4.69) is 33.1 Å². The first kappa shape index (κ1) is 12.8. The van der Waals surface area contributed by atoms with Crippen LogP contribution in [0.1, 0.15) is 19.8 Å². The third-order valence-corrected chi connectivity index (χ3v) is 3.97. The lowest BCUT2D eigenvalue weighted by atomic mass is 10.0. The van der Waals surface area contributed by atoms with Gasteiger partial charge >= 0.3 is 0 Å². The summed E-state index contributed by atoms with van der Waals surface area (Å²) in [5.74, 6) is -0.207. The minimum atomic E-state index is -0.207. The van der Waals surface area contributed by atoms with Crippen molar-refractivity contribution in [3.05, 3.63) is 28.5 Å². The van der Waals surface area contributed by atoms with Crippen molar-refractivity contribution in [1.29, 1.82) is 0 Å². The van der Waals surface area contributed by atoms with E-state index in [-0.39, 0.29) is 5.82 Å². The fraction of sp³-hybridized carbons (Fsp3) is 0.538. The summed E-state index contributed by atoms with van der Waals surface area (Å²) in [6.45, 7) is 5.58. The Balaban J connectivity index is 1.91. The molecule has 17 heavy (non-hydrogen) atoms. The number of halogens is 2. The lowest BCUT2D eigenvalue weighted by Crippen LogP contribution is -2.38. The minimum Gasteiger partial charge on any atom is -0.382 e. The van der Waals surface area contributed by atoms with Crippen molar-refractivity contribution in [2.45, 2.75) is 25.8 Å². The normalized spacial score (nSPS) is 18.3. The van der Waals surface area contributed by atoms with E-state index in [1.165, 1.54) is 0 Å². The van der Waals surface area contributed by atoms with Crippen molar-refractivity contribution >= 4 is 21.6 Å². The Hall–Kier alpha value is -0.610. The third kappa shape index (κ3) is 3.42. The molecule has 1 saturated heterocycles. The molecule has 2 nitrogen and oxygen atoms in total. The summed E-state index contributed by atoms with van der Waals surface area (Å²) in [6, 6.07) is 5.69. The Labute approximate surface area is 110 Å². The molecule has 0 saturated carbocycles. The zero-order valence-electron chi connectivity index (χ0n) is 10.0. The third-order valence-electron chi connectivity index (χ3n) is 3.33. The van der Waals surface area contributed by atoms with Crippen LogP contribution in [0, 0.1) is 5.82 Å². The largest absolute Gasteiger partial charge is 0.382 e. The first-order chi connectivity index (χ1) is 8.19. The number of rotatable bonds is 3. The van der Waals surface area contributed by atoms with Crippen molar-refractivity contribution in [2.75, 3.05) is 25.0 Å². The number of hydrogen-bond acceptors (Lipinski definition) is 2. The highest BCUT2D eigenvalue weighted by atomic mass is 79.9. The van der Waals surface area contributed by atoms with Crippen LogP contribution in [0.25, 0.3) is 0 Å². The number of nitrogens with one attached hydrogen (secondary N) is 1. The van der Waals surface area contributed by atoms with Gasteiger partial charge in [-0.3, -0.25) is 0 Å². The first-order valence-corrected chi connectivity index (χ1v) is 6.92. The van der Waals surface area contributed by atoms with E-state index in [0.29, 0.717) is 10.5 Å². The summed E-state index contributed by atoms with van der Waals surface area (Å²) in [6.07, 6.45) is 2.26. The van der Waals surface area contributed by atoms with Crippen LogP contribution in [0.4, 0.5) is 10.1 Å². The minimum absolute atomic E-state index is 0.207. The highest BCUT2D eigenvalue weighted by Gasteiger charge is 2.17. The van der Waals surface area contributed by atoms with Crippen molar-refractivity contribution in [3.8, 4) is 0 Å². The van der Waals surface area contributed by atoms with Gasteiger partial charge in [0.25, 0.3) is 0 Å². The molecule has 2 rings (SSSR count). The maximum absolute atomic E-state index is 13.4. The van der Waals surface area contributed by atoms with Crippen LogP contribution >= 0.6 is 15.9 Å². The van der Waals surface area contributed by atoms with Crippen molar-refractivity contribution in [3.63, 3.8) is 0 Å². The average molecular weight is 301 g/mol. The fourth-order valence-corrected chi connectivity index (χ4v) is 2.46. The van der Waals surface area contributed by atoms with E-state index in [0.717, 1.165) is 38.2 Å². The molecule has 0 radical (unpaired) electrons. The number of benzene rings is 1. The number of hydrogen-bond donors (Lipinski definition) is 1. The van der Waals surface area contributed by atoms with E-state index in [4.69, 9.17) is 0 Å². The first-order valence-electron chi connectivity index (χ1n) is 6.13. The molecule has 1 aromatic rings. The van der Waals surface area contributed by atoms with Crippen LogP contribution in [0.2, 0.25) is 0 Å². The van der Waals surface area contributed by atoms with Crippen molar-refractivity contribution < 1.29 is 4.39 Å². The number of nitrogens with zero attached hydrogens (tertiary/aromatic N) is 1. The van der Waals surface area contributed by atoms with Gasteiger partial charge in [-0.25, -0.2) is 4.39 Å². The topological polar surface area (TPSA) is 15.3 Å². The van der Waals surface area contributed by atoms with Gasteiger partial charge in [-0.05, 0) is 53.5 Å². The van der Waals surface area contributed by atoms with Gasteiger partial charge < -0.3 is 10.2 Å². The molecule has 1 aliphatic heterocycles. The van der Waals surface area contributed by atoms with Crippen LogP contribution < -0.4 is 5.32 Å².